The summed E-state index contributed by atoms with van der Waals surface area (Å²) in [7, 11) is -1.74. The Kier molecular flexibility index (Phi) is 3.82. The Bertz CT molecular complexity index is 515. The average molecular weight is 251 g/mol. The van der Waals surface area contributed by atoms with Crippen molar-refractivity contribution in [1.82, 2.24) is 0 Å². The van der Waals surface area contributed by atoms with Gasteiger partial charge in [0, 0.05) is 10.2 Å². The van der Waals surface area contributed by atoms with Crippen molar-refractivity contribution in [2.45, 2.75) is 37.1 Å². The number of carbonyl (C=O) groups is 1. The molecule has 0 aliphatic rings. The fourth-order valence-electron chi connectivity index (χ4n) is 1.33. The second kappa shape index (κ2) is 4.65. The van der Waals surface area contributed by atoms with E-state index in [1.165, 1.54) is 19.1 Å². The number of hydrogen-bond donors (Lipinski definition) is 0. The minimum Gasteiger partial charge on any atom is -0.295 e. The van der Waals surface area contributed by atoms with Crippen molar-refractivity contribution in [3.63, 3.8) is 0 Å². The number of benzene rings is 1. The van der Waals surface area contributed by atoms with Crippen LogP contribution in [0.25, 0.3) is 0 Å². The van der Waals surface area contributed by atoms with Gasteiger partial charge < -0.3 is 0 Å². The Labute approximate surface area is 103 Å². The second-order valence-corrected chi connectivity index (χ2v) is 7.01. The number of carbonyl (C=O) groups excluding carboxylic acids is 1. The molecule has 17 heavy (non-hydrogen) atoms. The molecule has 0 unspecified atom stereocenters. The van der Waals surface area contributed by atoms with E-state index < -0.39 is 14.5 Å². The molecule has 0 saturated carbocycles. The monoisotopic (exact) mass is 251 g/mol. The lowest BCUT2D eigenvalue weighted by Gasteiger charge is -2.22. The van der Waals surface area contributed by atoms with E-state index in [9.17, 15) is 13.2 Å². The maximum atomic E-state index is 12.2. The molecule has 0 aromatic heterocycles. The van der Waals surface area contributed by atoms with Crippen molar-refractivity contribution < 1.29 is 13.2 Å². The SMILES string of the molecule is C[B]C(C)(C)S(=O)(=O)c1ccc(C(C)=O)cc1. The lowest BCUT2D eigenvalue weighted by molar-refractivity contribution is 0.101. The molecule has 0 spiro atoms. The number of Topliss-reactive ketones (excluding diaryl/α,β-unsaturated/α-hetero) is 1. The van der Waals surface area contributed by atoms with Gasteiger partial charge in [-0.05, 0) is 19.1 Å². The molecule has 0 bridgehead atoms. The molecule has 0 atom stereocenters. The predicted molar refractivity (Wildman–Crippen MR) is 69.3 cm³/mol. The normalized spacial score (nSPS) is 12.2. The first kappa shape index (κ1) is 14.0. The summed E-state index contributed by atoms with van der Waals surface area (Å²) >= 11 is 0. The maximum absolute atomic E-state index is 12.2. The summed E-state index contributed by atoms with van der Waals surface area (Å²) in [5.74, 6) is -0.0738. The summed E-state index contributed by atoms with van der Waals surface area (Å²) in [5.41, 5.74) is 0.516. The molecule has 0 heterocycles. The maximum Gasteiger partial charge on any atom is 0.175 e. The first-order valence-corrected chi connectivity index (χ1v) is 6.87. The van der Waals surface area contributed by atoms with Crippen molar-refractivity contribution >= 4 is 22.9 Å². The molecule has 91 valence electrons. The van der Waals surface area contributed by atoms with Crippen molar-refractivity contribution in [3.8, 4) is 0 Å². The summed E-state index contributed by atoms with van der Waals surface area (Å²) in [6.45, 7) is 6.48. The van der Waals surface area contributed by atoms with Gasteiger partial charge in [-0.1, -0.05) is 32.8 Å². The lowest BCUT2D eigenvalue weighted by Crippen LogP contribution is -2.36. The zero-order valence-corrected chi connectivity index (χ0v) is 11.3. The highest BCUT2D eigenvalue weighted by Gasteiger charge is 2.34. The molecule has 0 fully saturated rings. The summed E-state index contributed by atoms with van der Waals surface area (Å²) in [5, 5.41) is 0. The third-order valence-corrected chi connectivity index (χ3v) is 5.47. The largest absolute Gasteiger partial charge is 0.295 e. The quantitative estimate of drug-likeness (QED) is 0.608. The fraction of sp³-hybridized carbons (Fsp3) is 0.417. The van der Waals surface area contributed by atoms with Gasteiger partial charge in [0.25, 0.3) is 0 Å². The van der Waals surface area contributed by atoms with Crippen LogP contribution in [-0.2, 0) is 9.84 Å². The van der Waals surface area contributed by atoms with Crippen LogP contribution in [0.15, 0.2) is 29.2 Å². The Hall–Kier alpha value is -1.10. The molecule has 5 heteroatoms. The van der Waals surface area contributed by atoms with Crippen LogP contribution in [0.5, 0.6) is 0 Å². The van der Waals surface area contributed by atoms with Crippen molar-refractivity contribution in [2.24, 2.45) is 0 Å². The van der Waals surface area contributed by atoms with Crippen LogP contribution in [0, 0.1) is 0 Å². The summed E-state index contributed by atoms with van der Waals surface area (Å²) in [6, 6.07) is 6.05. The molecule has 0 aliphatic heterocycles. The van der Waals surface area contributed by atoms with Gasteiger partial charge in [0.05, 0.1) is 4.90 Å². The summed E-state index contributed by atoms with van der Waals surface area (Å²) in [4.78, 5) is 11.3. The molecular weight excluding hydrogens is 235 g/mol. The van der Waals surface area contributed by atoms with E-state index in [1.807, 2.05) is 0 Å². The standard InChI is InChI=1S/C12H16BO3S/c1-9(14)10-5-7-11(8-6-10)17(15,16)12(2,3)13-4/h5-8H,1-4H3. The molecule has 0 amide bonds. The molecule has 0 aliphatic carbocycles. The highest BCUT2D eigenvalue weighted by molar-refractivity contribution is 7.94. The van der Waals surface area contributed by atoms with Crippen molar-refractivity contribution in [3.05, 3.63) is 29.8 Å². The third-order valence-electron chi connectivity index (χ3n) is 2.96. The number of ketones is 1. The zero-order chi connectivity index (χ0) is 13.3. The topological polar surface area (TPSA) is 51.2 Å². The van der Waals surface area contributed by atoms with Gasteiger partial charge in [0.1, 0.15) is 7.28 Å². The van der Waals surface area contributed by atoms with Gasteiger partial charge in [-0.3, -0.25) is 4.79 Å². The van der Waals surface area contributed by atoms with E-state index in [-0.39, 0.29) is 10.7 Å². The zero-order valence-electron chi connectivity index (χ0n) is 10.5. The third kappa shape index (κ3) is 2.60. The molecule has 1 aromatic rings. The van der Waals surface area contributed by atoms with E-state index in [0.29, 0.717) is 5.56 Å². The molecule has 0 N–H and O–H groups in total. The highest BCUT2D eigenvalue weighted by Crippen LogP contribution is 2.24. The first-order chi connectivity index (χ1) is 7.72. The Morgan fingerprint density at radius 2 is 1.65 bits per heavy atom. The van der Waals surface area contributed by atoms with Crippen LogP contribution in [-0.4, -0.2) is 26.1 Å². The number of rotatable bonds is 4. The average Bonchev–Trinajstić information content (AvgIpc) is 2.28. The minimum absolute atomic E-state index is 0.0738. The molecular formula is C12H16BO3S. The second-order valence-electron chi connectivity index (χ2n) is 4.48. The smallest absolute Gasteiger partial charge is 0.175 e. The summed E-state index contributed by atoms with van der Waals surface area (Å²) < 4.78 is 23.6. The van der Waals surface area contributed by atoms with E-state index in [4.69, 9.17) is 0 Å². The van der Waals surface area contributed by atoms with Crippen molar-refractivity contribution in [1.29, 1.82) is 0 Å². The minimum atomic E-state index is -3.40. The van der Waals surface area contributed by atoms with Crippen LogP contribution in [0.1, 0.15) is 31.1 Å². The van der Waals surface area contributed by atoms with Gasteiger partial charge in [0.2, 0.25) is 0 Å². The van der Waals surface area contributed by atoms with Crippen LogP contribution < -0.4 is 0 Å². The Morgan fingerprint density at radius 3 is 2.00 bits per heavy atom. The molecule has 3 nitrogen and oxygen atoms in total. The molecule has 1 aromatic carbocycles. The van der Waals surface area contributed by atoms with Gasteiger partial charge in [-0.25, -0.2) is 8.42 Å². The first-order valence-electron chi connectivity index (χ1n) is 5.38. The van der Waals surface area contributed by atoms with Gasteiger partial charge in [-0.2, -0.15) is 0 Å². The van der Waals surface area contributed by atoms with Gasteiger partial charge >= 0.3 is 0 Å². The Morgan fingerprint density at radius 1 is 1.18 bits per heavy atom. The van der Waals surface area contributed by atoms with Crippen molar-refractivity contribution in [2.75, 3.05) is 0 Å². The molecule has 1 rings (SSSR count). The van der Waals surface area contributed by atoms with E-state index in [1.54, 1.807) is 40.1 Å². The van der Waals surface area contributed by atoms with E-state index >= 15 is 0 Å². The van der Waals surface area contributed by atoms with Gasteiger partial charge in [0.15, 0.2) is 15.6 Å². The molecule has 0 saturated heterocycles. The fourth-order valence-corrected chi connectivity index (χ4v) is 2.74. The van der Waals surface area contributed by atoms with Gasteiger partial charge in [-0.15, -0.1) is 0 Å². The lowest BCUT2D eigenvalue weighted by atomic mass is 9.68. The Balaban J connectivity index is 3.22. The van der Waals surface area contributed by atoms with Crippen LogP contribution in [0.4, 0.5) is 0 Å². The van der Waals surface area contributed by atoms with Crippen LogP contribution in [0.3, 0.4) is 0 Å². The van der Waals surface area contributed by atoms with E-state index in [0.717, 1.165) is 0 Å². The molecule has 1 radical (unpaired) electrons. The van der Waals surface area contributed by atoms with Crippen LogP contribution in [0.2, 0.25) is 6.82 Å². The number of sulfone groups is 1. The number of hydrogen-bond acceptors (Lipinski definition) is 3. The van der Waals surface area contributed by atoms with Crippen LogP contribution >= 0.6 is 0 Å². The van der Waals surface area contributed by atoms with E-state index in [2.05, 4.69) is 0 Å². The highest BCUT2D eigenvalue weighted by atomic mass is 32.2. The summed E-state index contributed by atoms with van der Waals surface area (Å²) in [6.07, 6.45) is 0. The predicted octanol–water partition coefficient (Wildman–Crippen LogP) is 2.15.